The second-order valence-corrected chi connectivity index (χ2v) is 7.81. The number of amides is 1. The number of hydrogen-bond acceptors (Lipinski definition) is 6. The van der Waals surface area contributed by atoms with Gasteiger partial charge in [0.1, 0.15) is 6.04 Å². The Morgan fingerprint density at radius 2 is 1.90 bits per heavy atom. The Morgan fingerprint density at radius 1 is 1.28 bits per heavy atom. The quantitative estimate of drug-likeness (QED) is 0.273. The maximum Gasteiger partial charge on any atom is 0.328 e. The topological polar surface area (TPSA) is 111 Å². The predicted molar refractivity (Wildman–Crippen MR) is 113 cm³/mol. The van der Waals surface area contributed by atoms with E-state index >= 15 is 0 Å². The van der Waals surface area contributed by atoms with Gasteiger partial charge in [0.15, 0.2) is 0 Å². The van der Waals surface area contributed by atoms with Crippen molar-refractivity contribution in [2.75, 3.05) is 13.7 Å². The van der Waals surface area contributed by atoms with Crippen LogP contribution in [0.3, 0.4) is 0 Å². The predicted octanol–water partition coefficient (Wildman–Crippen LogP) is 2.68. The van der Waals surface area contributed by atoms with Crippen molar-refractivity contribution in [3.63, 3.8) is 0 Å². The van der Waals surface area contributed by atoms with Gasteiger partial charge in [0.2, 0.25) is 5.91 Å². The Kier molecular flexibility index (Phi) is 8.07. The number of hydrogen-bond donors (Lipinski definition) is 2. The molecule has 0 spiro atoms. The smallest absolute Gasteiger partial charge is 0.328 e. The molecule has 1 amide bonds. The molecular formula is C20H27N3O5S. The largest absolute Gasteiger partial charge is 0.467 e. The molecule has 1 aromatic rings. The summed E-state index contributed by atoms with van der Waals surface area (Å²) >= 11 is 5.70. The van der Waals surface area contributed by atoms with Crippen LogP contribution in [0.4, 0.5) is 5.69 Å². The molecule has 0 bridgehead atoms. The van der Waals surface area contributed by atoms with Crippen LogP contribution in [0.2, 0.25) is 0 Å². The third kappa shape index (κ3) is 6.22. The lowest BCUT2D eigenvalue weighted by Gasteiger charge is -2.32. The fraction of sp³-hybridized carbons (Fsp3) is 0.550. The van der Waals surface area contributed by atoms with Gasteiger partial charge in [-0.1, -0.05) is 37.2 Å². The van der Waals surface area contributed by atoms with Gasteiger partial charge in [-0.3, -0.25) is 14.9 Å². The van der Waals surface area contributed by atoms with Crippen LogP contribution in [0.5, 0.6) is 0 Å². The Morgan fingerprint density at radius 3 is 2.41 bits per heavy atom. The van der Waals surface area contributed by atoms with Crippen molar-refractivity contribution in [1.29, 1.82) is 0 Å². The molecule has 0 heterocycles. The number of nitro groups is 1. The average molecular weight is 422 g/mol. The van der Waals surface area contributed by atoms with E-state index in [1.807, 2.05) is 0 Å². The SMILES string of the molecule is COC(=O)[C@H](Cc1ccc([N+](=O)[O-])cc1)NC(=S)C1(CCNC(C)=O)CCCC1. The minimum Gasteiger partial charge on any atom is -0.467 e. The first-order valence-electron chi connectivity index (χ1n) is 9.64. The monoisotopic (exact) mass is 421 g/mol. The third-order valence-electron chi connectivity index (χ3n) is 5.40. The number of rotatable bonds is 9. The Balaban J connectivity index is 2.10. The van der Waals surface area contributed by atoms with Crippen molar-refractivity contribution in [3.8, 4) is 0 Å². The summed E-state index contributed by atoms with van der Waals surface area (Å²) in [6.07, 6.45) is 4.92. The van der Waals surface area contributed by atoms with Crippen LogP contribution in [-0.4, -0.2) is 41.5 Å². The number of thiocarbonyl (C=S) groups is 1. The normalized spacial score (nSPS) is 15.9. The molecule has 1 aromatic carbocycles. The van der Waals surface area contributed by atoms with E-state index in [4.69, 9.17) is 17.0 Å². The van der Waals surface area contributed by atoms with E-state index in [2.05, 4.69) is 10.6 Å². The molecule has 0 unspecified atom stereocenters. The molecule has 0 aromatic heterocycles. The van der Waals surface area contributed by atoms with Gasteiger partial charge < -0.3 is 15.4 Å². The molecule has 29 heavy (non-hydrogen) atoms. The zero-order valence-electron chi connectivity index (χ0n) is 16.7. The third-order valence-corrected chi connectivity index (χ3v) is 5.95. The number of ether oxygens (including phenoxy) is 1. The summed E-state index contributed by atoms with van der Waals surface area (Å²) in [6, 6.07) is 5.39. The molecule has 2 rings (SSSR count). The van der Waals surface area contributed by atoms with Crippen LogP contribution in [0, 0.1) is 15.5 Å². The summed E-state index contributed by atoms with van der Waals surface area (Å²) in [6.45, 7) is 2.01. The number of non-ortho nitro benzene ring substituents is 1. The van der Waals surface area contributed by atoms with Crippen LogP contribution in [0.1, 0.15) is 44.6 Å². The average Bonchev–Trinajstić information content (AvgIpc) is 3.17. The van der Waals surface area contributed by atoms with E-state index < -0.39 is 16.9 Å². The maximum atomic E-state index is 12.3. The first-order chi connectivity index (χ1) is 13.8. The highest BCUT2D eigenvalue weighted by Gasteiger charge is 2.39. The summed E-state index contributed by atoms with van der Waals surface area (Å²) in [4.78, 5) is 34.5. The molecule has 0 aliphatic heterocycles. The number of benzene rings is 1. The lowest BCUT2D eigenvalue weighted by molar-refractivity contribution is -0.384. The molecule has 1 aliphatic rings. The number of nitrogens with zero attached hydrogens (tertiary/aromatic N) is 1. The fourth-order valence-electron chi connectivity index (χ4n) is 3.76. The molecule has 1 aliphatic carbocycles. The second kappa shape index (κ2) is 10.3. The highest BCUT2D eigenvalue weighted by Crippen LogP contribution is 2.42. The van der Waals surface area contributed by atoms with Crippen LogP contribution in [0.15, 0.2) is 24.3 Å². The van der Waals surface area contributed by atoms with Crippen molar-refractivity contribution in [2.24, 2.45) is 5.41 Å². The van der Waals surface area contributed by atoms with Crippen molar-refractivity contribution >= 4 is 34.8 Å². The number of esters is 1. The molecule has 1 fully saturated rings. The standard InChI is InChI=1S/C20H27N3O5S/c1-14(24)21-12-11-20(9-3-4-10-20)19(29)22-17(18(25)28-2)13-15-5-7-16(8-6-15)23(26)27/h5-8,17H,3-4,9-13H2,1-2H3,(H,21,24)(H,22,29)/t17-/m0/s1. The van der Waals surface area contributed by atoms with E-state index in [1.165, 1.54) is 26.2 Å². The fourth-order valence-corrected chi connectivity index (χ4v) is 4.20. The molecule has 8 nitrogen and oxygen atoms in total. The summed E-state index contributed by atoms with van der Waals surface area (Å²) in [7, 11) is 1.32. The molecule has 0 radical (unpaired) electrons. The number of nitro benzene ring substituents is 1. The first-order valence-corrected chi connectivity index (χ1v) is 10.0. The van der Waals surface area contributed by atoms with Gasteiger partial charge in [0.25, 0.3) is 5.69 Å². The number of carbonyl (C=O) groups excluding carboxylic acids is 2. The molecule has 2 N–H and O–H groups in total. The van der Waals surface area contributed by atoms with Gasteiger partial charge in [0, 0.05) is 37.4 Å². The Bertz CT molecular complexity index is 760. The highest BCUT2D eigenvalue weighted by molar-refractivity contribution is 7.80. The summed E-state index contributed by atoms with van der Waals surface area (Å²) in [5, 5.41) is 16.8. The van der Waals surface area contributed by atoms with E-state index in [0.29, 0.717) is 24.4 Å². The van der Waals surface area contributed by atoms with Gasteiger partial charge in [-0.25, -0.2) is 4.79 Å². The van der Waals surface area contributed by atoms with Gasteiger partial charge in [-0.15, -0.1) is 0 Å². The maximum absolute atomic E-state index is 12.3. The minimum absolute atomic E-state index is 0.00488. The molecule has 1 saturated carbocycles. The Labute approximate surface area is 175 Å². The highest BCUT2D eigenvalue weighted by atomic mass is 32.1. The van der Waals surface area contributed by atoms with E-state index in [1.54, 1.807) is 12.1 Å². The van der Waals surface area contributed by atoms with Crippen LogP contribution >= 0.6 is 12.2 Å². The molecule has 1 atom stereocenters. The van der Waals surface area contributed by atoms with E-state index in [-0.39, 0.29) is 17.0 Å². The van der Waals surface area contributed by atoms with Crippen LogP contribution < -0.4 is 10.6 Å². The van der Waals surface area contributed by atoms with Gasteiger partial charge in [-0.2, -0.15) is 0 Å². The Hall–Kier alpha value is -2.55. The van der Waals surface area contributed by atoms with E-state index in [9.17, 15) is 19.7 Å². The molecule has 0 saturated heterocycles. The van der Waals surface area contributed by atoms with Crippen molar-refractivity contribution in [3.05, 3.63) is 39.9 Å². The minimum atomic E-state index is -0.688. The number of nitrogens with one attached hydrogen (secondary N) is 2. The van der Waals surface area contributed by atoms with E-state index in [0.717, 1.165) is 31.2 Å². The summed E-state index contributed by atoms with van der Waals surface area (Å²) in [5.74, 6) is -0.525. The van der Waals surface area contributed by atoms with Crippen molar-refractivity contribution in [1.82, 2.24) is 10.6 Å². The van der Waals surface area contributed by atoms with Gasteiger partial charge in [0.05, 0.1) is 17.0 Å². The lowest BCUT2D eigenvalue weighted by Crippen LogP contribution is -2.49. The van der Waals surface area contributed by atoms with Crippen LogP contribution in [-0.2, 0) is 20.7 Å². The van der Waals surface area contributed by atoms with Gasteiger partial charge in [-0.05, 0) is 24.8 Å². The van der Waals surface area contributed by atoms with Crippen molar-refractivity contribution in [2.45, 2.75) is 51.5 Å². The molecule has 158 valence electrons. The molecule has 9 heteroatoms. The first kappa shape index (κ1) is 22.7. The zero-order chi connectivity index (χ0) is 21.4. The summed E-state index contributed by atoms with van der Waals surface area (Å²) in [5.41, 5.74) is 0.509. The summed E-state index contributed by atoms with van der Waals surface area (Å²) < 4.78 is 4.93. The zero-order valence-corrected chi connectivity index (χ0v) is 17.5. The van der Waals surface area contributed by atoms with Crippen molar-refractivity contribution < 1.29 is 19.2 Å². The van der Waals surface area contributed by atoms with Crippen LogP contribution in [0.25, 0.3) is 0 Å². The number of carbonyl (C=O) groups is 2. The lowest BCUT2D eigenvalue weighted by atomic mass is 9.82. The second-order valence-electron chi connectivity index (χ2n) is 7.40. The molecular weight excluding hydrogens is 394 g/mol. The number of methoxy groups -OCH3 is 1. The van der Waals surface area contributed by atoms with Gasteiger partial charge >= 0.3 is 5.97 Å².